The van der Waals surface area contributed by atoms with E-state index in [0.717, 1.165) is 50.9 Å². The fraction of sp³-hybridized carbons (Fsp3) is 0.800. The molecule has 1 unspecified atom stereocenters. The molecule has 0 radical (unpaired) electrons. The summed E-state index contributed by atoms with van der Waals surface area (Å²) < 4.78 is 6.19. The summed E-state index contributed by atoms with van der Waals surface area (Å²) in [7, 11) is 5.90. The molecule has 0 saturated carbocycles. The van der Waals surface area contributed by atoms with E-state index in [1.807, 2.05) is 19.0 Å². The molecule has 1 atom stereocenters. The van der Waals surface area contributed by atoms with Crippen LogP contribution in [-0.4, -0.2) is 75.1 Å². The summed E-state index contributed by atoms with van der Waals surface area (Å²) >= 11 is 0. The number of piperidine rings is 1. The second-order valence-corrected chi connectivity index (χ2v) is 11.1. The van der Waals surface area contributed by atoms with Crippen LogP contribution in [0.15, 0.2) is 24.0 Å². The normalized spacial score (nSPS) is 23.6. The second kappa shape index (κ2) is 11.4. The summed E-state index contributed by atoms with van der Waals surface area (Å²) in [6.45, 7) is 17.8. The smallest absolute Gasteiger partial charge is 0.133 e. The van der Waals surface area contributed by atoms with Gasteiger partial charge in [-0.15, -0.1) is 0 Å². The summed E-state index contributed by atoms with van der Waals surface area (Å²) in [5, 5.41) is 3.78. The van der Waals surface area contributed by atoms with Crippen LogP contribution in [0.2, 0.25) is 0 Å². The molecule has 174 valence electrons. The minimum absolute atomic E-state index is 0.0299. The summed E-state index contributed by atoms with van der Waals surface area (Å²) in [5.74, 6) is 1.05. The number of aldehydes is 1. The molecular formula is C25H47N3O2. The van der Waals surface area contributed by atoms with Crippen LogP contribution in [0.4, 0.5) is 0 Å². The van der Waals surface area contributed by atoms with Crippen LogP contribution in [0.5, 0.6) is 0 Å². The molecule has 0 amide bonds. The molecule has 1 fully saturated rings. The fourth-order valence-electron chi connectivity index (χ4n) is 3.07. The predicted octanol–water partition coefficient (Wildman–Crippen LogP) is 4.11. The summed E-state index contributed by atoms with van der Waals surface area (Å²) in [6.07, 6.45) is 11.2. The highest BCUT2D eigenvalue weighted by Gasteiger charge is 2.35. The molecule has 1 saturated heterocycles. The Hall–Kier alpha value is -1.17. The molecular weight excluding hydrogens is 374 g/mol. The zero-order valence-electron chi connectivity index (χ0n) is 21.0. The fourth-order valence-corrected chi connectivity index (χ4v) is 3.07. The molecule has 0 aromatic heterocycles. The Morgan fingerprint density at radius 3 is 2.23 bits per heavy atom. The van der Waals surface area contributed by atoms with Gasteiger partial charge < -0.3 is 24.6 Å². The first-order chi connectivity index (χ1) is 13.8. The van der Waals surface area contributed by atoms with Crippen LogP contribution in [0.25, 0.3) is 0 Å². The monoisotopic (exact) mass is 421 g/mol. The van der Waals surface area contributed by atoms with Crippen molar-refractivity contribution in [1.29, 1.82) is 0 Å². The molecule has 1 heterocycles. The lowest BCUT2D eigenvalue weighted by molar-refractivity contribution is -0.108. The minimum Gasteiger partial charge on any atom is -0.491 e. The number of rotatable bonds is 7. The van der Waals surface area contributed by atoms with Crippen LogP contribution in [0.3, 0.4) is 0 Å². The number of carbonyl (C=O) groups excluding carboxylic acids is 1. The van der Waals surface area contributed by atoms with Crippen LogP contribution < -0.4 is 5.32 Å². The van der Waals surface area contributed by atoms with E-state index in [9.17, 15) is 4.79 Å². The molecule has 5 nitrogen and oxygen atoms in total. The summed E-state index contributed by atoms with van der Waals surface area (Å²) in [4.78, 5) is 13.8. The van der Waals surface area contributed by atoms with Crippen LogP contribution in [-0.2, 0) is 9.53 Å². The third kappa shape index (κ3) is 9.32. The Labute approximate surface area is 185 Å². The molecule has 30 heavy (non-hydrogen) atoms. The highest BCUT2D eigenvalue weighted by molar-refractivity contribution is 5.51. The first-order valence-electron chi connectivity index (χ1n) is 11.4. The Bertz CT molecular complexity index is 582. The lowest BCUT2D eigenvalue weighted by Gasteiger charge is -2.42. The molecule has 5 heteroatoms. The van der Waals surface area contributed by atoms with Gasteiger partial charge in [0.25, 0.3) is 0 Å². The maximum absolute atomic E-state index is 9.57. The van der Waals surface area contributed by atoms with Gasteiger partial charge in [-0.25, -0.2) is 0 Å². The second-order valence-electron chi connectivity index (χ2n) is 11.1. The number of ether oxygens (including phenoxy) is 1. The Morgan fingerprint density at radius 1 is 1.23 bits per heavy atom. The van der Waals surface area contributed by atoms with Gasteiger partial charge in [-0.3, -0.25) is 0 Å². The van der Waals surface area contributed by atoms with Gasteiger partial charge >= 0.3 is 0 Å². The van der Waals surface area contributed by atoms with Crippen LogP contribution in [0, 0.1) is 10.8 Å². The molecule has 1 aliphatic heterocycles. The van der Waals surface area contributed by atoms with Crippen molar-refractivity contribution < 1.29 is 9.53 Å². The van der Waals surface area contributed by atoms with Gasteiger partial charge in [0.1, 0.15) is 18.1 Å². The number of hydrogen-bond acceptors (Lipinski definition) is 5. The van der Waals surface area contributed by atoms with Gasteiger partial charge in [-0.05, 0) is 70.3 Å². The van der Waals surface area contributed by atoms with Gasteiger partial charge in [-0.2, -0.15) is 0 Å². The van der Waals surface area contributed by atoms with Gasteiger partial charge in [0.2, 0.25) is 0 Å². The zero-order chi connectivity index (χ0) is 23.0. The number of nitrogens with one attached hydrogen (secondary N) is 1. The van der Waals surface area contributed by atoms with Crippen molar-refractivity contribution in [2.45, 2.75) is 72.4 Å². The predicted molar refractivity (Wildman–Crippen MR) is 128 cm³/mol. The Kier molecular flexibility index (Phi) is 10.3. The molecule has 1 N–H and O–H groups in total. The van der Waals surface area contributed by atoms with E-state index < -0.39 is 0 Å². The molecule has 0 aromatic carbocycles. The molecule has 0 bridgehead atoms. The third-order valence-electron chi connectivity index (χ3n) is 6.72. The van der Waals surface area contributed by atoms with E-state index >= 15 is 0 Å². The van der Waals surface area contributed by atoms with E-state index in [1.165, 1.54) is 0 Å². The minimum atomic E-state index is 0.0299. The SMILES string of the molecule is CN(C)CC=O.CN1CCC(OC2=CCC(C)(NCC(C)(C)C(C)(C)C)C=C2)CC1. The van der Waals surface area contributed by atoms with Crippen LogP contribution >= 0.6 is 0 Å². The van der Waals surface area contributed by atoms with Crippen molar-refractivity contribution in [1.82, 2.24) is 15.1 Å². The number of likely N-dealkylation sites (N-methyl/N-ethyl adjacent to an activating group) is 1. The van der Waals surface area contributed by atoms with Crippen molar-refractivity contribution in [3.63, 3.8) is 0 Å². The highest BCUT2D eigenvalue weighted by Crippen LogP contribution is 2.38. The maximum Gasteiger partial charge on any atom is 0.133 e. The molecule has 0 aromatic rings. The van der Waals surface area contributed by atoms with E-state index in [2.05, 4.69) is 77.0 Å². The number of likely N-dealkylation sites (tertiary alicyclic amines) is 1. The molecule has 1 aliphatic carbocycles. The van der Waals surface area contributed by atoms with Gasteiger partial charge in [0.05, 0.1) is 6.54 Å². The lowest BCUT2D eigenvalue weighted by atomic mass is 9.69. The van der Waals surface area contributed by atoms with Gasteiger partial charge in [0.15, 0.2) is 0 Å². The molecule has 2 aliphatic rings. The third-order valence-corrected chi connectivity index (χ3v) is 6.72. The van der Waals surface area contributed by atoms with E-state index in [4.69, 9.17) is 4.74 Å². The Balaban J connectivity index is 0.000000656. The van der Waals surface area contributed by atoms with Gasteiger partial charge in [0, 0.05) is 25.2 Å². The lowest BCUT2D eigenvalue weighted by Crippen LogP contribution is -2.49. The van der Waals surface area contributed by atoms with E-state index in [-0.39, 0.29) is 16.4 Å². The van der Waals surface area contributed by atoms with E-state index in [1.54, 1.807) is 0 Å². The quantitative estimate of drug-likeness (QED) is 0.627. The summed E-state index contributed by atoms with van der Waals surface area (Å²) in [5.41, 5.74) is 0.563. The number of nitrogens with zero attached hydrogens (tertiary/aromatic N) is 2. The molecule has 2 rings (SSSR count). The standard InChI is InChI=1S/C21H38N2O.C4H9NO/c1-19(2,3)20(4,5)16-22-21(6)12-8-17(9-13-21)24-18-10-14-23(7)15-11-18;1-5(2)3-4-6/h8-9,12,18,22H,10-11,13-16H2,1-7H3;4H,3H2,1-2H3. The average Bonchev–Trinajstić information content (AvgIpc) is 2.64. The van der Waals surface area contributed by atoms with Crippen molar-refractivity contribution in [3.05, 3.63) is 24.0 Å². The zero-order valence-corrected chi connectivity index (χ0v) is 21.0. The number of hydrogen-bond donors (Lipinski definition) is 1. The van der Waals surface area contributed by atoms with Gasteiger partial charge in [-0.1, -0.05) is 40.7 Å². The summed E-state index contributed by atoms with van der Waals surface area (Å²) in [6, 6.07) is 0. The largest absolute Gasteiger partial charge is 0.491 e. The molecule has 0 spiro atoms. The number of carbonyl (C=O) groups is 1. The topological polar surface area (TPSA) is 44.8 Å². The number of allylic oxidation sites excluding steroid dienone is 1. The average molecular weight is 422 g/mol. The Morgan fingerprint density at radius 2 is 1.83 bits per heavy atom. The van der Waals surface area contributed by atoms with Crippen molar-refractivity contribution in [2.75, 3.05) is 47.3 Å². The van der Waals surface area contributed by atoms with Crippen molar-refractivity contribution in [2.24, 2.45) is 10.8 Å². The first kappa shape index (κ1) is 26.9. The van der Waals surface area contributed by atoms with E-state index in [0.29, 0.717) is 12.6 Å². The maximum atomic E-state index is 9.57. The highest BCUT2D eigenvalue weighted by atomic mass is 16.5. The first-order valence-corrected chi connectivity index (χ1v) is 11.4. The van der Waals surface area contributed by atoms with Crippen molar-refractivity contribution in [3.8, 4) is 0 Å². The van der Waals surface area contributed by atoms with Crippen molar-refractivity contribution >= 4 is 6.29 Å². The van der Waals surface area contributed by atoms with Crippen LogP contribution in [0.1, 0.15) is 60.8 Å².